The molecule has 0 saturated carbocycles. The van der Waals surface area contributed by atoms with Gasteiger partial charge in [0.1, 0.15) is 5.76 Å². The van der Waals surface area contributed by atoms with E-state index in [1.807, 2.05) is 18.2 Å². The third kappa shape index (κ3) is 0.778. The number of rotatable bonds is 1. The molecule has 50 valence electrons. The fourth-order valence-electron chi connectivity index (χ4n) is 0.968. The van der Waals surface area contributed by atoms with Gasteiger partial charge in [0, 0.05) is 11.8 Å². The van der Waals surface area contributed by atoms with Crippen molar-refractivity contribution in [1.82, 2.24) is 0 Å². The van der Waals surface area contributed by atoms with E-state index < -0.39 is 0 Å². The molecular weight excluding hydrogens is 126 g/mol. The Balaban J connectivity index is 2.30. The van der Waals surface area contributed by atoms with Crippen molar-refractivity contribution in [2.45, 2.75) is 0 Å². The fourth-order valence-corrected chi connectivity index (χ4v) is 0.968. The second-order valence-corrected chi connectivity index (χ2v) is 2.16. The molecule has 0 unspecified atom stereocenters. The molecular formula is C8H7NO. The first-order chi connectivity index (χ1) is 4.97. The van der Waals surface area contributed by atoms with Gasteiger partial charge in [0.2, 0.25) is 0 Å². The SMILES string of the molecule is C1=NCC(c2ccco2)=C1. The summed E-state index contributed by atoms with van der Waals surface area (Å²) < 4.78 is 5.17. The van der Waals surface area contributed by atoms with Crippen molar-refractivity contribution < 1.29 is 4.42 Å². The van der Waals surface area contributed by atoms with E-state index in [0.29, 0.717) is 0 Å². The second kappa shape index (κ2) is 2.14. The Kier molecular flexibility index (Phi) is 1.17. The number of nitrogens with zero attached hydrogens (tertiary/aromatic N) is 1. The molecule has 2 nitrogen and oxygen atoms in total. The molecule has 0 N–H and O–H groups in total. The Morgan fingerprint density at radius 2 is 2.50 bits per heavy atom. The fraction of sp³-hybridized carbons (Fsp3) is 0.125. The lowest BCUT2D eigenvalue weighted by atomic mass is 10.2. The number of aliphatic imine (C=N–C) groups is 1. The third-order valence-corrected chi connectivity index (χ3v) is 1.48. The van der Waals surface area contributed by atoms with Gasteiger partial charge in [-0.3, -0.25) is 4.99 Å². The van der Waals surface area contributed by atoms with Crippen molar-refractivity contribution in [3.8, 4) is 0 Å². The molecule has 0 bridgehead atoms. The van der Waals surface area contributed by atoms with Crippen LogP contribution in [-0.4, -0.2) is 12.8 Å². The van der Waals surface area contributed by atoms with Crippen LogP contribution in [0.5, 0.6) is 0 Å². The van der Waals surface area contributed by atoms with Crippen molar-refractivity contribution in [1.29, 1.82) is 0 Å². The summed E-state index contributed by atoms with van der Waals surface area (Å²) in [6, 6.07) is 3.83. The van der Waals surface area contributed by atoms with E-state index in [-0.39, 0.29) is 0 Å². The minimum atomic E-state index is 0.757. The molecule has 10 heavy (non-hydrogen) atoms. The molecule has 0 fully saturated rings. The summed E-state index contributed by atoms with van der Waals surface area (Å²) in [4.78, 5) is 4.04. The molecule has 1 aromatic heterocycles. The molecule has 2 rings (SSSR count). The topological polar surface area (TPSA) is 25.5 Å². The summed E-state index contributed by atoms with van der Waals surface area (Å²) >= 11 is 0. The number of hydrogen-bond acceptors (Lipinski definition) is 2. The molecule has 1 aliphatic rings. The molecule has 0 atom stereocenters. The Morgan fingerprint density at radius 3 is 3.10 bits per heavy atom. The molecule has 0 amide bonds. The summed E-state index contributed by atoms with van der Waals surface area (Å²) in [7, 11) is 0. The minimum Gasteiger partial charge on any atom is -0.465 e. The quantitative estimate of drug-likeness (QED) is 0.573. The van der Waals surface area contributed by atoms with E-state index >= 15 is 0 Å². The molecule has 2 heteroatoms. The predicted octanol–water partition coefficient (Wildman–Crippen LogP) is 1.75. The molecule has 2 heterocycles. The Bertz CT molecular complexity index is 269. The number of hydrogen-bond donors (Lipinski definition) is 0. The van der Waals surface area contributed by atoms with Gasteiger partial charge in [-0.2, -0.15) is 0 Å². The third-order valence-electron chi connectivity index (χ3n) is 1.48. The average Bonchev–Trinajstić information content (AvgIpc) is 2.59. The predicted molar refractivity (Wildman–Crippen MR) is 40.0 cm³/mol. The van der Waals surface area contributed by atoms with Crippen LogP contribution >= 0.6 is 0 Å². The van der Waals surface area contributed by atoms with Crippen molar-refractivity contribution in [2.75, 3.05) is 6.54 Å². The zero-order chi connectivity index (χ0) is 6.81. The van der Waals surface area contributed by atoms with Gasteiger partial charge in [0.05, 0.1) is 12.8 Å². The first kappa shape index (κ1) is 5.47. The molecule has 0 aromatic carbocycles. The normalized spacial score (nSPS) is 15.8. The van der Waals surface area contributed by atoms with E-state index in [4.69, 9.17) is 4.42 Å². The molecule has 0 saturated heterocycles. The monoisotopic (exact) mass is 133 g/mol. The highest BCUT2D eigenvalue weighted by atomic mass is 16.3. The van der Waals surface area contributed by atoms with E-state index in [9.17, 15) is 0 Å². The summed E-state index contributed by atoms with van der Waals surface area (Å²) in [5.74, 6) is 0.928. The van der Waals surface area contributed by atoms with Crippen LogP contribution in [0.15, 0.2) is 33.9 Å². The molecule has 1 aromatic rings. The van der Waals surface area contributed by atoms with Gasteiger partial charge in [-0.1, -0.05) is 0 Å². The molecule has 1 aliphatic heterocycles. The van der Waals surface area contributed by atoms with Crippen LogP contribution in [0.25, 0.3) is 5.57 Å². The molecule has 0 spiro atoms. The van der Waals surface area contributed by atoms with Crippen LogP contribution in [0.4, 0.5) is 0 Å². The lowest BCUT2D eigenvalue weighted by molar-refractivity contribution is 0.552. The van der Waals surface area contributed by atoms with Crippen LogP contribution in [-0.2, 0) is 0 Å². The first-order valence-electron chi connectivity index (χ1n) is 3.20. The van der Waals surface area contributed by atoms with E-state index in [2.05, 4.69) is 4.99 Å². The molecule has 0 aliphatic carbocycles. The highest BCUT2D eigenvalue weighted by molar-refractivity contribution is 5.88. The smallest absolute Gasteiger partial charge is 0.131 e. The zero-order valence-electron chi connectivity index (χ0n) is 5.45. The van der Waals surface area contributed by atoms with E-state index in [1.54, 1.807) is 12.5 Å². The maximum atomic E-state index is 5.17. The van der Waals surface area contributed by atoms with Crippen LogP contribution in [0.2, 0.25) is 0 Å². The van der Waals surface area contributed by atoms with Crippen LogP contribution in [0.3, 0.4) is 0 Å². The van der Waals surface area contributed by atoms with Crippen molar-refractivity contribution in [2.24, 2.45) is 4.99 Å². The Morgan fingerprint density at radius 1 is 1.50 bits per heavy atom. The Hall–Kier alpha value is -1.31. The number of allylic oxidation sites excluding steroid dienone is 1. The van der Waals surface area contributed by atoms with Crippen LogP contribution in [0.1, 0.15) is 5.76 Å². The van der Waals surface area contributed by atoms with Gasteiger partial charge in [-0.25, -0.2) is 0 Å². The lowest BCUT2D eigenvalue weighted by Gasteiger charge is -1.91. The largest absolute Gasteiger partial charge is 0.465 e. The summed E-state index contributed by atoms with van der Waals surface area (Å²) in [6.07, 6.45) is 5.45. The maximum Gasteiger partial charge on any atom is 0.131 e. The van der Waals surface area contributed by atoms with E-state index in [1.165, 1.54) is 0 Å². The van der Waals surface area contributed by atoms with Gasteiger partial charge >= 0.3 is 0 Å². The average molecular weight is 133 g/mol. The number of furan rings is 1. The highest BCUT2D eigenvalue weighted by Crippen LogP contribution is 2.16. The van der Waals surface area contributed by atoms with Gasteiger partial charge < -0.3 is 4.42 Å². The second-order valence-electron chi connectivity index (χ2n) is 2.16. The lowest BCUT2D eigenvalue weighted by Crippen LogP contribution is -1.79. The summed E-state index contributed by atoms with van der Waals surface area (Å²) in [6.45, 7) is 0.757. The van der Waals surface area contributed by atoms with E-state index in [0.717, 1.165) is 17.9 Å². The summed E-state index contributed by atoms with van der Waals surface area (Å²) in [5.41, 5.74) is 1.16. The molecule has 0 radical (unpaired) electrons. The van der Waals surface area contributed by atoms with Gasteiger partial charge in [-0.15, -0.1) is 0 Å². The van der Waals surface area contributed by atoms with Crippen LogP contribution in [0, 0.1) is 0 Å². The van der Waals surface area contributed by atoms with Gasteiger partial charge in [0.25, 0.3) is 0 Å². The first-order valence-corrected chi connectivity index (χ1v) is 3.20. The maximum absolute atomic E-state index is 5.17. The Labute approximate surface area is 58.9 Å². The van der Waals surface area contributed by atoms with Crippen molar-refractivity contribution in [3.05, 3.63) is 30.2 Å². The zero-order valence-corrected chi connectivity index (χ0v) is 5.45. The van der Waals surface area contributed by atoms with Gasteiger partial charge in [-0.05, 0) is 18.2 Å². The van der Waals surface area contributed by atoms with Crippen molar-refractivity contribution in [3.63, 3.8) is 0 Å². The van der Waals surface area contributed by atoms with Gasteiger partial charge in [0.15, 0.2) is 0 Å². The highest BCUT2D eigenvalue weighted by Gasteiger charge is 2.04. The van der Waals surface area contributed by atoms with Crippen molar-refractivity contribution >= 4 is 11.8 Å². The standard InChI is InChI=1S/C8H7NO/c1-2-8(10-5-1)7-3-4-9-6-7/h1-5H,6H2. The summed E-state index contributed by atoms with van der Waals surface area (Å²) in [5, 5.41) is 0. The van der Waals surface area contributed by atoms with Crippen LogP contribution < -0.4 is 0 Å². The minimum absolute atomic E-state index is 0.757.